The minimum Gasteiger partial charge on any atom is -0.378 e. The van der Waals surface area contributed by atoms with Crippen molar-refractivity contribution in [2.45, 2.75) is 26.4 Å². The van der Waals surface area contributed by atoms with E-state index in [4.69, 9.17) is 5.73 Å². The van der Waals surface area contributed by atoms with Gasteiger partial charge in [-0.15, -0.1) is 0 Å². The largest absolute Gasteiger partial charge is 0.378 e. The van der Waals surface area contributed by atoms with Gasteiger partial charge in [-0.05, 0) is 42.6 Å². The molecule has 1 heterocycles. The number of hydrogen-bond donors (Lipinski definition) is 2. The molecule has 0 saturated carbocycles. The smallest absolute Gasteiger partial charge is 0.221 e. The van der Waals surface area contributed by atoms with Gasteiger partial charge in [0.1, 0.15) is 11.3 Å². The summed E-state index contributed by atoms with van der Waals surface area (Å²) in [4.78, 5) is 7.94. The topological polar surface area (TPSA) is 72.0 Å². The minimum absolute atomic E-state index is 0.177. The molecule has 4 nitrogen and oxygen atoms in total. The maximum absolute atomic E-state index is 9.44. The Balaban J connectivity index is 3.20. The van der Waals surface area contributed by atoms with Crippen molar-refractivity contribution in [1.82, 2.24) is 9.97 Å². The number of aromatic nitrogens is 2. The monoisotopic (exact) mass is 269 g/mol. The van der Waals surface area contributed by atoms with Gasteiger partial charge < -0.3 is 10.8 Å². The third-order valence-corrected chi connectivity index (χ3v) is 2.47. The summed E-state index contributed by atoms with van der Waals surface area (Å²) in [5, 5.41) is 9.44. The number of anilines is 1. The third-order valence-electron chi connectivity index (χ3n) is 1.52. The molecule has 0 aliphatic rings. The molecule has 0 aromatic carbocycles. The number of aliphatic hydroxyl groups is 1. The van der Waals surface area contributed by atoms with Gasteiger partial charge in [0.25, 0.3) is 0 Å². The average Bonchev–Trinajstić information content (AvgIpc) is 2.07. The van der Waals surface area contributed by atoms with Crippen LogP contribution in [0.3, 0.4) is 0 Å². The Labute approximate surface area is 97.1 Å². The molecule has 0 fully saturated rings. The summed E-state index contributed by atoms with van der Waals surface area (Å²) in [6, 6.07) is 0. The van der Waals surface area contributed by atoms with Gasteiger partial charge in [-0.3, -0.25) is 0 Å². The quantitative estimate of drug-likeness (QED) is 0.696. The molecule has 0 aliphatic carbocycles. The number of hydrogen-bond acceptors (Lipinski definition) is 4. The van der Waals surface area contributed by atoms with Crippen LogP contribution in [0.5, 0.6) is 0 Å². The fraction of sp³-hybridized carbons (Fsp3) is 0.400. The average molecular weight is 270 g/mol. The molecular formula is C10H12BrN3O. The minimum atomic E-state index is -1.05. The van der Waals surface area contributed by atoms with Crippen LogP contribution in [0.15, 0.2) is 4.47 Å². The summed E-state index contributed by atoms with van der Waals surface area (Å²) < 4.78 is 0.702. The van der Waals surface area contributed by atoms with Crippen LogP contribution in [0.1, 0.15) is 25.2 Å². The van der Waals surface area contributed by atoms with Gasteiger partial charge >= 0.3 is 0 Å². The molecule has 3 N–H and O–H groups in total. The van der Waals surface area contributed by atoms with E-state index in [-0.39, 0.29) is 5.95 Å². The van der Waals surface area contributed by atoms with E-state index >= 15 is 0 Å². The van der Waals surface area contributed by atoms with Crippen molar-refractivity contribution in [2.75, 3.05) is 5.73 Å². The molecular weight excluding hydrogens is 258 g/mol. The number of halogens is 1. The van der Waals surface area contributed by atoms with E-state index in [9.17, 15) is 5.11 Å². The molecule has 1 rings (SSSR count). The molecule has 5 heteroatoms. The zero-order valence-corrected chi connectivity index (χ0v) is 10.4. The molecule has 0 saturated heterocycles. The van der Waals surface area contributed by atoms with Crippen LogP contribution >= 0.6 is 15.9 Å². The van der Waals surface area contributed by atoms with E-state index in [1.54, 1.807) is 20.8 Å². The first-order valence-electron chi connectivity index (χ1n) is 4.35. The standard InChI is InChI=1S/C10H12BrN3O/c1-6-8(11)7(14-9(12)13-6)4-5-10(2,3)15/h15H,1-3H3,(H2,12,13,14). The third kappa shape index (κ3) is 3.50. The predicted octanol–water partition coefficient (Wildman–Crippen LogP) is 1.25. The lowest BCUT2D eigenvalue weighted by Gasteiger charge is -2.06. The van der Waals surface area contributed by atoms with E-state index < -0.39 is 5.60 Å². The van der Waals surface area contributed by atoms with Gasteiger partial charge in [0.2, 0.25) is 5.95 Å². The number of rotatable bonds is 0. The molecule has 80 valence electrons. The molecule has 0 amide bonds. The van der Waals surface area contributed by atoms with E-state index in [1.165, 1.54) is 0 Å². The van der Waals surface area contributed by atoms with Crippen LogP contribution in [0.25, 0.3) is 0 Å². The van der Waals surface area contributed by atoms with Gasteiger partial charge in [0, 0.05) is 0 Å². The fourth-order valence-electron chi connectivity index (χ4n) is 0.876. The van der Waals surface area contributed by atoms with Crippen LogP contribution in [0, 0.1) is 18.8 Å². The lowest BCUT2D eigenvalue weighted by molar-refractivity contribution is 0.143. The summed E-state index contributed by atoms with van der Waals surface area (Å²) in [5.74, 6) is 5.60. The first kappa shape index (κ1) is 12.0. The molecule has 15 heavy (non-hydrogen) atoms. The molecule has 1 aromatic rings. The molecule has 0 spiro atoms. The maximum Gasteiger partial charge on any atom is 0.221 e. The highest BCUT2D eigenvalue weighted by Gasteiger charge is 2.09. The number of nitrogen functional groups attached to an aromatic ring is 1. The Morgan fingerprint density at radius 3 is 2.53 bits per heavy atom. The van der Waals surface area contributed by atoms with Crippen molar-refractivity contribution < 1.29 is 5.11 Å². The van der Waals surface area contributed by atoms with E-state index in [2.05, 4.69) is 37.7 Å². The highest BCUT2D eigenvalue weighted by atomic mass is 79.9. The fourth-order valence-corrected chi connectivity index (χ4v) is 1.15. The summed E-state index contributed by atoms with van der Waals surface area (Å²) in [7, 11) is 0. The highest BCUT2D eigenvalue weighted by molar-refractivity contribution is 9.10. The van der Waals surface area contributed by atoms with Crippen molar-refractivity contribution in [1.29, 1.82) is 0 Å². The first-order chi connectivity index (χ1) is 6.79. The highest BCUT2D eigenvalue weighted by Crippen LogP contribution is 2.18. The second-order valence-electron chi connectivity index (χ2n) is 3.64. The SMILES string of the molecule is Cc1nc(N)nc(C#CC(C)(C)O)c1Br. The van der Waals surface area contributed by atoms with Crippen LogP contribution in [-0.2, 0) is 0 Å². The van der Waals surface area contributed by atoms with Gasteiger partial charge in [0.15, 0.2) is 0 Å². The van der Waals surface area contributed by atoms with Gasteiger partial charge in [-0.2, -0.15) is 0 Å². The summed E-state index contributed by atoms with van der Waals surface area (Å²) in [6.07, 6.45) is 0. The van der Waals surface area contributed by atoms with E-state index in [1.807, 2.05) is 0 Å². The van der Waals surface area contributed by atoms with Crippen molar-refractivity contribution in [3.8, 4) is 11.8 Å². The number of nitrogens with two attached hydrogens (primary N) is 1. The van der Waals surface area contributed by atoms with Crippen molar-refractivity contribution >= 4 is 21.9 Å². The second kappa shape index (κ2) is 4.17. The zero-order valence-electron chi connectivity index (χ0n) is 8.80. The molecule has 0 radical (unpaired) electrons. The Hall–Kier alpha value is -1.12. The second-order valence-corrected chi connectivity index (χ2v) is 4.43. The first-order valence-corrected chi connectivity index (χ1v) is 5.14. The van der Waals surface area contributed by atoms with Crippen molar-refractivity contribution in [2.24, 2.45) is 0 Å². The van der Waals surface area contributed by atoms with Gasteiger partial charge in [-0.1, -0.05) is 5.92 Å². The van der Waals surface area contributed by atoms with Gasteiger partial charge in [-0.25, -0.2) is 9.97 Å². The Kier molecular flexibility index (Phi) is 3.32. The molecule has 1 aromatic heterocycles. The number of aryl methyl sites for hydroxylation is 1. The summed E-state index contributed by atoms with van der Waals surface area (Å²) in [6.45, 7) is 5.01. The summed E-state index contributed by atoms with van der Waals surface area (Å²) in [5.41, 5.74) is 5.66. The Bertz CT molecular complexity index is 440. The Morgan fingerprint density at radius 1 is 1.40 bits per heavy atom. The Morgan fingerprint density at radius 2 is 2.00 bits per heavy atom. The van der Waals surface area contributed by atoms with Crippen molar-refractivity contribution in [3.63, 3.8) is 0 Å². The zero-order chi connectivity index (χ0) is 11.6. The van der Waals surface area contributed by atoms with Crippen LogP contribution < -0.4 is 5.73 Å². The normalized spacial score (nSPS) is 10.7. The van der Waals surface area contributed by atoms with Gasteiger partial charge in [0.05, 0.1) is 10.2 Å². The van der Waals surface area contributed by atoms with E-state index in [0.717, 1.165) is 5.69 Å². The van der Waals surface area contributed by atoms with Crippen LogP contribution in [-0.4, -0.2) is 20.7 Å². The molecule has 0 aliphatic heterocycles. The predicted molar refractivity (Wildman–Crippen MR) is 62.1 cm³/mol. The maximum atomic E-state index is 9.44. The molecule has 0 bridgehead atoms. The molecule has 0 atom stereocenters. The van der Waals surface area contributed by atoms with E-state index in [0.29, 0.717) is 10.2 Å². The van der Waals surface area contributed by atoms with Crippen LogP contribution in [0.4, 0.5) is 5.95 Å². The lowest BCUT2D eigenvalue weighted by Crippen LogP contribution is -2.14. The molecule has 0 unspecified atom stereocenters. The number of nitrogens with zero attached hydrogens (tertiary/aromatic N) is 2. The van der Waals surface area contributed by atoms with Crippen LogP contribution in [0.2, 0.25) is 0 Å². The van der Waals surface area contributed by atoms with Crippen molar-refractivity contribution in [3.05, 3.63) is 15.9 Å². The lowest BCUT2D eigenvalue weighted by atomic mass is 10.1. The summed E-state index contributed by atoms with van der Waals surface area (Å²) >= 11 is 3.32.